The van der Waals surface area contributed by atoms with Crippen molar-refractivity contribution in [1.29, 1.82) is 0 Å². The van der Waals surface area contributed by atoms with Crippen LogP contribution in [0.5, 0.6) is 0 Å². The van der Waals surface area contributed by atoms with Crippen LogP contribution in [0.25, 0.3) is 0 Å². The summed E-state index contributed by atoms with van der Waals surface area (Å²) in [6, 6.07) is 7.40. The molecular weight excluding hydrogens is 376 g/mol. The molecule has 1 aromatic carbocycles. The van der Waals surface area contributed by atoms with Crippen LogP contribution in [0.2, 0.25) is 5.02 Å². The number of rotatable bonds is 7. The molecule has 8 nitrogen and oxygen atoms in total. The smallest absolute Gasteiger partial charge is 0.303 e. The molecule has 0 aliphatic carbocycles. The van der Waals surface area contributed by atoms with E-state index >= 15 is 0 Å². The van der Waals surface area contributed by atoms with Gasteiger partial charge in [-0.05, 0) is 24.1 Å². The number of aliphatic carboxylic acids is 2. The molecule has 1 atom stereocenters. The first kappa shape index (κ1) is 22.6. The number of nitrogens with zero attached hydrogens (tertiary/aromatic N) is 2. The summed E-state index contributed by atoms with van der Waals surface area (Å²) in [5.41, 5.74) is 1.83. The van der Waals surface area contributed by atoms with Gasteiger partial charge in [0, 0.05) is 17.9 Å². The molecule has 27 heavy (non-hydrogen) atoms. The Balaban J connectivity index is 0.000000387. The minimum atomic E-state index is -1.08. The Morgan fingerprint density at radius 2 is 1.70 bits per heavy atom. The Kier molecular flexibility index (Phi) is 9.46. The molecular formula is C18H23ClN2O6. The number of benzene rings is 1. The lowest BCUT2D eigenvalue weighted by Gasteiger charge is -2.25. The molecule has 0 radical (unpaired) electrons. The van der Waals surface area contributed by atoms with Crippen LogP contribution >= 0.6 is 11.6 Å². The average Bonchev–Trinajstić information content (AvgIpc) is 2.63. The molecule has 148 valence electrons. The Morgan fingerprint density at radius 1 is 1.15 bits per heavy atom. The number of hydrogen-bond acceptors (Lipinski definition) is 5. The van der Waals surface area contributed by atoms with Gasteiger partial charge < -0.3 is 15.3 Å². The quantitative estimate of drug-likeness (QED) is 0.647. The summed E-state index contributed by atoms with van der Waals surface area (Å²) in [5.74, 6) is -2.19. The molecule has 1 aromatic rings. The summed E-state index contributed by atoms with van der Waals surface area (Å²) >= 11 is 5.85. The number of hydrogen-bond donors (Lipinski definition) is 3. The highest BCUT2D eigenvalue weighted by molar-refractivity contribution is 6.30. The zero-order valence-electron chi connectivity index (χ0n) is 15.0. The maximum absolute atomic E-state index is 11.8. The predicted octanol–water partition coefficient (Wildman–Crippen LogP) is 2.37. The number of carbonyl (C=O) groups excluding carboxylic acids is 1. The molecule has 0 aromatic heterocycles. The third-order valence-electron chi connectivity index (χ3n) is 3.69. The first-order valence-corrected chi connectivity index (χ1v) is 8.86. The highest BCUT2D eigenvalue weighted by Gasteiger charge is 2.22. The van der Waals surface area contributed by atoms with E-state index in [9.17, 15) is 19.5 Å². The molecule has 1 aliphatic heterocycles. The summed E-state index contributed by atoms with van der Waals surface area (Å²) in [6.45, 7) is 2.13. The second-order valence-electron chi connectivity index (χ2n) is 5.88. The van der Waals surface area contributed by atoms with Gasteiger partial charge in [0.25, 0.3) is 0 Å². The van der Waals surface area contributed by atoms with Crippen LogP contribution in [0, 0.1) is 0 Å². The van der Waals surface area contributed by atoms with E-state index in [2.05, 4.69) is 5.10 Å². The third-order valence-corrected chi connectivity index (χ3v) is 3.94. The fourth-order valence-electron chi connectivity index (χ4n) is 2.14. The van der Waals surface area contributed by atoms with Crippen LogP contribution < -0.4 is 0 Å². The summed E-state index contributed by atoms with van der Waals surface area (Å²) in [7, 11) is 0. The molecule has 0 saturated carbocycles. The summed E-state index contributed by atoms with van der Waals surface area (Å²) in [4.78, 5) is 31.0. The molecule has 1 heterocycles. The van der Waals surface area contributed by atoms with Gasteiger partial charge >= 0.3 is 11.9 Å². The van der Waals surface area contributed by atoms with Crippen molar-refractivity contribution in [2.24, 2.45) is 5.10 Å². The van der Waals surface area contributed by atoms with Crippen molar-refractivity contribution in [2.45, 2.75) is 45.1 Å². The fraction of sp³-hybridized carbons (Fsp3) is 0.444. The molecule has 3 N–H and O–H groups in total. The highest BCUT2D eigenvalue weighted by atomic mass is 35.5. The standard InChI is InChI=1S/C14H17ClN2O2.C4H6O4/c1-2-12(18)9-17-14(19)8-7-13(16-17)10-3-5-11(15)6-4-10;5-3(6)1-2-4(7)8/h3-6,12,18H,2,7-9H2,1H3;1-2H2,(H,5,6)(H,7,8). The van der Waals surface area contributed by atoms with E-state index in [1.165, 1.54) is 5.01 Å². The number of amides is 1. The van der Waals surface area contributed by atoms with E-state index in [1.807, 2.05) is 19.1 Å². The summed E-state index contributed by atoms with van der Waals surface area (Å²) in [5, 5.41) is 31.8. The third kappa shape index (κ3) is 8.65. The van der Waals surface area contributed by atoms with E-state index in [4.69, 9.17) is 21.8 Å². The van der Waals surface area contributed by atoms with Gasteiger partial charge in [-0.25, -0.2) is 5.01 Å². The van der Waals surface area contributed by atoms with Gasteiger partial charge in [0.2, 0.25) is 5.91 Å². The Morgan fingerprint density at radius 3 is 2.19 bits per heavy atom. The van der Waals surface area contributed by atoms with Gasteiger partial charge in [-0.1, -0.05) is 30.7 Å². The zero-order chi connectivity index (χ0) is 20.4. The SMILES string of the molecule is CCC(O)CN1N=C(c2ccc(Cl)cc2)CCC1=O.O=C(O)CCC(=O)O. The number of carbonyl (C=O) groups is 3. The number of hydrazone groups is 1. The second-order valence-corrected chi connectivity index (χ2v) is 6.32. The predicted molar refractivity (Wildman–Crippen MR) is 99.7 cm³/mol. The summed E-state index contributed by atoms with van der Waals surface area (Å²) < 4.78 is 0. The lowest BCUT2D eigenvalue weighted by atomic mass is 10.0. The maximum Gasteiger partial charge on any atom is 0.303 e. The molecule has 1 aliphatic rings. The van der Waals surface area contributed by atoms with Gasteiger partial charge in [0.1, 0.15) is 0 Å². The highest BCUT2D eigenvalue weighted by Crippen LogP contribution is 2.17. The second kappa shape index (κ2) is 11.3. The van der Waals surface area contributed by atoms with Crippen molar-refractivity contribution < 1.29 is 29.7 Å². The van der Waals surface area contributed by atoms with Gasteiger partial charge in [0.15, 0.2) is 0 Å². The Hall–Kier alpha value is -2.45. The van der Waals surface area contributed by atoms with Gasteiger partial charge in [-0.3, -0.25) is 14.4 Å². The van der Waals surface area contributed by atoms with E-state index in [-0.39, 0.29) is 25.3 Å². The van der Waals surface area contributed by atoms with E-state index in [0.29, 0.717) is 24.3 Å². The molecule has 9 heteroatoms. The lowest BCUT2D eigenvalue weighted by molar-refractivity contribution is -0.143. The monoisotopic (exact) mass is 398 g/mol. The number of β-amino-alcohol motifs (C(OH)–C–C–N with tert-alkyl or cyclic N) is 1. The number of carboxylic acids is 2. The zero-order valence-corrected chi connectivity index (χ0v) is 15.7. The van der Waals surface area contributed by atoms with Crippen LogP contribution in [-0.2, 0) is 14.4 Å². The first-order valence-electron chi connectivity index (χ1n) is 8.48. The molecule has 1 unspecified atom stereocenters. The van der Waals surface area contributed by atoms with Gasteiger partial charge in [-0.2, -0.15) is 5.10 Å². The van der Waals surface area contributed by atoms with Crippen molar-refractivity contribution in [3.63, 3.8) is 0 Å². The van der Waals surface area contributed by atoms with E-state index in [0.717, 1.165) is 11.3 Å². The van der Waals surface area contributed by atoms with Crippen LogP contribution in [0.15, 0.2) is 29.4 Å². The average molecular weight is 399 g/mol. The largest absolute Gasteiger partial charge is 0.481 e. The van der Waals surface area contributed by atoms with Crippen molar-refractivity contribution >= 4 is 35.2 Å². The fourth-order valence-corrected chi connectivity index (χ4v) is 2.26. The topological polar surface area (TPSA) is 128 Å². The normalized spacial score (nSPS) is 14.7. The number of halogens is 1. The van der Waals surface area contributed by atoms with Crippen molar-refractivity contribution in [3.05, 3.63) is 34.9 Å². The molecule has 2 rings (SSSR count). The summed E-state index contributed by atoms with van der Waals surface area (Å²) in [6.07, 6.45) is 0.536. The lowest BCUT2D eigenvalue weighted by Crippen LogP contribution is -2.37. The van der Waals surface area contributed by atoms with Crippen LogP contribution in [-0.4, -0.2) is 56.5 Å². The minimum absolute atomic E-state index is 0.0368. The van der Waals surface area contributed by atoms with Gasteiger partial charge in [-0.15, -0.1) is 0 Å². The Bertz CT molecular complexity index is 676. The molecule has 0 bridgehead atoms. The van der Waals surface area contributed by atoms with E-state index in [1.54, 1.807) is 12.1 Å². The minimum Gasteiger partial charge on any atom is -0.481 e. The molecule has 0 spiro atoms. The number of aliphatic hydroxyl groups excluding tert-OH is 1. The van der Waals surface area contributed by atoms with Crippen molar-refractivity contribution in [3.8, 4) is 0 Å². The van der Waals surface area contributed by atoms with Crippen molar-refractivity contribution in [1.82, 2.24) is 5.01 Å². The number of carboxylic acid groups (broad SMARTS) is 2. The van der Waals surface area contributed by atoms with E-state index < -0.39 is 18.0 Å². The van der Waals surface area contributed by atoms with Crippen LogP contribution in [0.4, 0.5) is 0 Å². The van der Waals surface area contributed by atoms with Crippen LogP contribution in [0.3, 0.4) is 0 Å². The molecule has 1 amide bonds. The molecule has 0 saturated heterocycles. The maximum atomic E-state index is 11.8. The van der Waals surface area contributed by atoms with Crippen molar-refractivity contribution in [2.75, 3.05) is 6.54 Å². The first-order chi connectivity index (χ1) is 12.7. The number of aliphatic hydroxyl groups is 1. The van der Waals surface area contributed by atoms with Crippen LogP contribution in [0.1, 0.15) is 44.6 Å². The molecule has 0 fully saturated rings. The Labute approximate surface area is 162 Å². The van der Waals surface area contributed by atoms with Gasteiger partial charge in [0.05, 0.1) is 31.2 Å².